The van der Waals surface area contributed by atoms with Crippen LogP contribution in [0.25, 0.3) is 0 Å². The van der Waals surface area contributed by atoms with Gasteiger partial charge < -0.3 is 15.2 Å². The second kappa shape index (κ2) is 9.11. The maximum absolute atomic E-state index is 12.8. The standard InChI is InChI=1S/C14H24N2O4S/c1-19-10-5-8-16(9-11-20-2)21(17,18)14-7-4-3-6-13(14)12-15/h3-4,6-7H,5,8-12,15H2,1-2H3. The summed E-state index contributed by atoms with van der Waals surface area (Å²) in [7, 11) is -0.434. The summed E-state index contributed by atoms with van der Waals surface area (Å²) >= 11 is 0. The summed E-state index contributed by atoms with van der Waals surface area (Å²) in [4.78, 5) is 0.265. The maximum atomic E-state index is 12.8. The Morgan fingerprint density at radius 3 is 2.38 bits per heavy atom. The smallest absolute Gasteiger partial charge is 0.243 e. The number of sulfonamides is 1. The Kier molecular flexibility index (Phi) is 7.84. The summed E-state index contributed by atoms with van der Waals surface area (Å²) in [5, 5.41) is 0. The molecule has 21 heavy (non-hydrogen) atoms. The first-order valence-electron chi connectivity index (χ1n) is 6.84. The number of nitrogens with two attached hydrogens (primary N) is 1. The molecule has 0 radical (unpaired) electrons. The van der Waals surface area contributed by atoms with Gasteiger partial charge in [0.15, 0.2) is 0 Å². The average Bonchev–Trinajstić information content (AvgIpc) is 2.50. The Labute approximate surface area is 126 Å². The van der Waals surface area contributed by atoms with Crippen LogP contribution in [0.4, 0.5) is 0 Å². The first kappa shape index (κ1) is 18.1. The van der Waals surface area contributed by atoms with E-state index in [-0.39, 0.29) is 11.4 Å². The van der Waals surface area contributed by atoms with E-state index in [0.717, 1.165) is 0 Å². The maximum Gasteiger partial charge on any atom is 0.243 e. The van der Waals surface area contributed by atoms with E-state index < -0.39 is 10.0 Å². The second-order valence-electron chi connectivity index (χ2n) is 4.56. The van der Waals surface area contributed by atoms with Gasteiger partial charge in [-0.1, -0.05) is 18.2 Å². The SMILES string of the molecule is COCCCN(CCOC)S(=O)(=O)c1ccccc1CN. The summed E-state index contributed by atoms with van der Waals surface area (Å²) in [6.45, 7) is 1.74. The van der Waals surface area contributed by atoms with E-state index >= 15 is 0 Å². The molecule has 0 spiro atoms. The summed E-state index contributed by atoms with van der Waals surface area (Å²) in [5.74, 6) is 0. The van der Waals surface area contributed by atoms with Crippen LogP contribution >= 0.6 is 0 Å². The lowest BCUT2D eigenvalue weighted by molar-refractivity contribution is 0.164. The van der Waals surface area contributed by atoms with Crippen molar-refractivity contribution in [3.8, 4) is 0 Å². The fourth-order valence-corrected chi connectivity index (χ4v) is 3.69. The molecule has 0 aliphatic heterocycles. The van der Waals surface area contributed by atoms with Gasteiger partial charge in [-0.2, -0.15) is 4.31 Å². The van der Waals surface area contributed by atoms with Gasteiger partial charge in [-0.3, -0.25) is 0 Å². The van der Waals surface area contributed by atoms with Crippen molar-refractivity contribution >= 4 is 10.0 Å². The minimum Gasteiger partial charge on any atom is -0.385 e. The van der Waals surface area contributed by atoms with Crippen molar-refractivity contribution in [1.29, 1.82) is 0 Å². The number of nitrogens with zero attached hydrogens (tertiary/aromatic N) is 1. The van der Waals surface area contributed by atoms with Gasteiger partial charge in [0.1, 0.15) is 0 Å². The van der Waals surface area contributed by atoms with Crippen LogP contribution in [0.1, 0.15) is 12.0 Å². The summed E-state index contributed by atoms with van der Waals surface area (Å²) < 4.78 is 37.0. The van der Waals surface area contributed by atoms with Crippen LogP contribution in [0.15, 0.2) is 29.2 Å². The first-order valence-corrected chi connectivity index (χ1v) is 8.28. The Bertz CT molecular complexity index is 519. The molecular weight excluding hydrogens is 292 g/mol. The molecule has 0 aromatic heterocycles. The highest BCUT2D eigenvalue weighted by atomic mass is 32.2. The first-order chi connectivity index (χ1) is 10.1. The lowest BCUT2D eigenvalue weighted by atomic mass is 10.2. The third kappa shape index (κ3) is 5.05. The molecule has 0 saturated carbocycles. The van der Waals surface area contributed by atoms with Gasteiger partial charge in [0.05, 0.1) is 11.5 Å². The van der Waals surface area contributed by atoms with Crippen molar-refractivity contribution in [2.45, 2.75) is 17.9 Å². The molecule has 0 fully saturated rings. The largest absolute Gasteiger partial charge is 0.385 e. The van der Waals surface area contributed by atoms with Crippen LogP contribution in [0.3, 0.4) is 0 Å². The van der Waals surface area contributed by atoms with Gasteiger partial charge >= 0.3 is 0 Å². The summed E-state index contributed by atoms with van der Waals surface area (Å²) in [6, 6.07) is 6.81. The molecule has 1 aromatic carbocycles. The third-order valence-corrected chi connectivity index (χ3v) is 5.11. The topological polar surface area (TPSA) is 81.9 Å². The lowest BCUT2D eigenvalue weighted by Gasteiger charge is -2.23. The molecule has 0 amide bonds. The number of benzene rings is 1. The van der Waals surface area contributed by atoms with Crippen LogP contribution in [-0.2, 0) is 26.0 Å². The minimum atomic E-state index is -3.58. The van der Waals surface area contributed by atoms with E-state index in [1.165, 1.54) is 4.31 Å². The zero-order valence-electron chi connectivity index (χ0n) is 12.6. The zero-order chi connectivity index (χ0) is 15.7. The molecule has 2 N–H and O–H groups in total. The Morgan fingerprint density at radius 2 is 1.76 bits per heavy atom. The molecule has 6 nitrogen and oxygen atoms in total. The quantitative estimate of drug-likeness (QED) is 0.646. The fraction of sp³-hybridized carbons (Fsp3) is 0.571. The predicted octanol–water partition coefficient (Wildman–Crippen LogP) is 0.819. The highest BCUT2D eigenvalue weighted by Crippen LogP contribution is 2.20. The van der Waals surface area contributed by atoms with Gasteiger partial charge in [-0.05, 0) is 18.1 Å². The number of methoxy groups -OCH3 is 2. The minimum absolute atomic E-state index is 0.186. The average molecular weight is 316 g/mol. The Balaban J connectivity index is 3.01. The third-order valence-electron chi connectivity index (χ3n) is 3.11. The van der Waals surface area contributed by atoms with Crippen LogP contribution in [0, 0.1) is 0 Å². The van der Waals surface area contributed by atoms with Gasteiger partial charge in [-0.15, -0.1) is 0 Å². The highest BCUT2D eigenvalue weighted by Gasteiger charge is 2.25. The molecule has 0 aliphatic rings. The van der Waals surface area contributed by atoms with E-state index in [1.54, 1.807) is 38.5 Å². The molecule has 0 heterocycles. The van der Waals surface area contributed by atoms with Crippen LogP contribution in [-0.4, -0.2) is 53.2 Å². The van der Waals surface area contributed by atoms with Crippen molar-refractivity contribution in [3.63, 3.8) is 0 Å². The van der Waals surface area contributed by atoms with Crippen molar-refractivity contribution in [2.24, 2.45) is 5.73 Å². The molecule has 7 heteroatoms. The predicted molar refractivity (Wildman–Crippen MR) is 81.5 cm³/mol. The van der Waals surface area contributed by atoms with Crippen molar-refractivity contribution < 1.29 is 17.9 Å². The van der Waals surface area contributed by atoms with Crippen LogP contribution in [0.5, 0.6) is 0 Å². The monoisotopic (exact) mass is 316 g/mol. The van der Waals surface area contributed by atoms with Gasteiger partial charge in [0.2, 0.25) is 10.0 Å². The van der Waals surface area contributed by atoms with E-state index in [0.29, 0.717) is 38.3 Å². The van der Waals surface area contributed by atoms with E-state index in [4.69, 9.17) is 15.2 Å². The lowest BCUT2D eigenvalue weighted by Crippen LogP contribution is -2.36. The molecular formula is C14H24N2O4S. The second-order valence-corrected chi connectivity index (χ2v) is 6.46. The molecule has 0 unspecified atom stereocenters. The van der Waals surface area contributed by atoms with E-state index in [1.807, 2.05) is 0 Å². The fourth-order valence-electron chi connectivity index (χ4n) is 1.99. The molecule has 120 valence electrons. The highest BCUT2D eigenvalue weighted by molar-refractivity contribution is 7.89. The van der Waals surface area contributed by atoms with Gasteiger partial charge in [-0.25, -0.2) is 8.42 Å². The van der Waals surface area contributed by atoms with Crippen molar-refractivity contribution in [2.75, 3.05) is 40.5 Å². The summed E-state index contributed by atoms with van der Waals surface area (Å²) in [6.07, 6.45) is 0.629. The van der Waals surface area contributed by atoms with Crippen molar-refractivity contribution in [1.82, 2.24) is 4.31 Å². The molecule has 0 saturated heterocycles. The number of hydrogen-bond acceptors (Lipinski definition) is 5. The van der Waals surface area contributed by atoms with Crippen LogP contribution < -0.4 is 5.73 Å². The summed E-state index contributed by atoms with van der Waals surface area (Å²) in [5.41, 5.74) is 6.26. The van der Waals surface area contributed by atoms with E-state index in [2.05, 4.69) is 0 Å². The molecule has 1 aromatic rings. The number of hydrogen-bond donors (Lipinski definition) is 1. The van der Waals surface area contributed by atoms with Crippen LogP contribution in [0.2, 0.25) is 0 Å². The van der Waals surface area contributed by atoms with Crippen molar-refractivity contribution in [3.05, 3.63) is 29.8 Å². The van der Waals surface area contributed by atoms with E-state index in [9.17, 15) is 8.42 Å². The zero-order valence-corrected chi connectivity index (χ0v) is 13.4. The molecule has 0 bridgehead atoms. The Hall–Kier alpha value is -0.990. The molecule has 0 aliphatic carbocycles. The number of ether oxygens (including phenoxy) is 2. The van der Waals surface area contributed by atoms with Gasteiger partial charge in [0, 0.05) is 40.5 Å². The van der Waals surface area contributed by atoms with Gasteiger partial charge in [0.25, 0.3) is 0 Å². The Morgan fingerprint density at radius 1 is 1.10 bits per heavy atom. The molecule has 0 atom stereocenters. The molecule has 1 rings (SSSR count). The normalized spacial score (nSPS) is 12.0. The number of rotatable bonds is 10.